The lowest BCUT2D eigenvalue weighted by Gasteiger charge is -2.32. The van der Waals surface area contributed by atoms with Crippen molar-refractivity contribution in [3.05, 3.63) is 60.2 Å². The predicted octanol–water partition coefficient (Wildman–Crippen LogP) is 3.20. The van der Waals surface area contributed by atoms with E-state index in [4.69, 9.17) is 17.8 Å². The summed E-state index contributed by atoms with van der Waals surface area (Å²) in [6.45, 7) is 4.40. The summed E-state index contributed by atoms with van der Waals surface area (Å²) < 4.78 is 33.5. The van der Waals surface area contributed by atoms with E-state index in [0.29, 0.717) is 30.7 Å². The van der Waals surface area contributed by atoms with E-state index in [2.05, 4.69) is 24.8 Å². The number of ether oxygens (including phenoxy) is 2. The van der Waals surface area contributed by atoms with Crippen LogP contribution >= 0.6 is 0 Å². The van der Waals surface area contributed by atoms with Crippen molar-refractivity contribution in [1.82, 2.24) is 19.9 Å². The maximum atomic E-state index is 11.1. The van der Waals surface area contributed by atoms with Crippen LogP contribution in [-0.2, 0) is 26.1 Å². The quantitative estimate of drug-likeness (QED) is 0.483. The molecule has 0 amide bonds. The van der Waals surface area contributed by atoms with Gasteiger partial charge in [-0.25, -0.2) is 19.9 Å². The van der Waals surface area contributed by atoms with Gasteiger partial charge in [-0.1, -0.05) is 12.1 Å². The molecular formula is C24H27N5O5S. The highest BCUT2D eigenvalue weighted by Crippen LogP contribution is 2.30. The second kappa shape index (κ2) is 11.1. The van der Waals surface area contributed by atoms with Crippen LogP contribution in [0.5, 0.6) is 17.5 Å². The molecule has 35 heavy (non-hydrogen) atoms. The summed E-state index contributed by atoms with van der Waals surface area (Å²) in [5, 5.41) is 0. The first-order valence-electron chi connectivity index (χ1n) is 11.6. The Kier molecular flexibility index (Phi) is 7.45. The molecule has 0 bridgehead atoms. The van der Waals surface area contributed by atoms with Crippen LogP contribution in [0.3, 0.4) is 0 Å². The SMILES string of the molecule is Cc1c(Oc2ccc(C[C@H]3CO[S@@](=O)OC3)cc2)ncnc1OC1CCN(c2ncccn2)CC1. The molecular weight excluding hydrogens is 470 g/mol. The molecule has 2 fully saturated rings. The molecule has 2 aliphatic heterocycles. The zero-order valence-electron chi connectivity index (χ0n) is 19.4. The number of benzene rings is 1. The molecule has 5 rings (SSSR count). The maximum Gasteiger partial charge on any atom is 0.304 e. The lowest BCUT2D eigenvalue weighted by atomic mass is 10.0. The molecule has 2 saturated heterocycles. The number of piperidine rings is 1. The van der Waals surface area contributed by atoms with Crippen molar-refractivity contribution in [3.8, 4) is 17.5 Å². The Balaban J connectivity index is 1.16. The van der Waals surface area contributed by atoms with E-state index in [1.54, 1.807) is 12.4 Å². The molecule has 0 unspecified atom stereocenters. The smallest absolute Gasteiger partial charge is 0.304 e. The molecule has 0 atom stereocenters. The zero-order valence-corrected chi connectivity index (χ0v) is 20.2. The van der Waals surface area contributed by atoms with Gasteiger partial charge in [0.25, 0.3) is 0 Å². The Morgan fingerprint density at radius 3 is 2.40 bits per heavy atom. The Hall–Kier alpha value is -3.15. The highest BCUT2D eigenvalue weighted by molar-refractivity contribution is 7.75. The Morgan fingerprint density at radius 1 is 1.00 bits per heavy atom. The molecule has 0 radical (unpaired) electrons. The second-order valence-corrected chi connectivity index (χ2v) is 9.43. The maximum absolute atomic E-state index is 11.1. The van der Waals surface area contributed by atoms with Gasteiger partial charge in [-0.2, -0.15) is 4.21 Å². The molecule has 10 nitrogen and oxygen atoms in total. The van der Waals surface area contributed by atoms with Gasteiger partial charge >= 0.3 is 11.4 Å². The summed E-state index contributed by atoms with van der Waals surface area (Å²) in [5.41, 5.74) is 1.88. The number of aromatic nitrogens is 4. The molecule has 3 aromatic rings. The van der Waals surface area contributed by atoms with Crippen LogP contribution in [0.25, 0.3) is 0 Å². The number of hydrogen-bond acceptors (Lipinski definition) is 10. The Labute approximate surface area is 206 Å². The number of rotatable bonds is 7. The van der Waals surface area contributed by atoms with Gasteiger partial charge < -0.3 is 14.4 Å². The van der Waals surface area contributed by atoms with Crippen LogP contribution in [0.4, 0.5) is 5.95 Å². The topological polar surface area (TPSA) is 109 Å². The van der Waals surface area contributed by atoms with E-state index in [1.165, 1.54) is 6.33 Å². The summed E-state index contributed by atoms with van der Waals surface area (Å²) in [7, 11) is 0. The molecule has 11 heteroatoms. The van der Waals surface area contributed by atoms with Gasteiger partial charge in [0.2, 0.25) is 17.7 Å². The van der Waals surface area contributed by atoms with E-state index in [1.807, 2.05) is 37.3 Å². The van der Waals surface area contributed by atoms with Crippen molar-refractivity contribution in [2.24, 2.45) is 5.92 Å². The van der Waals surface area contributed by atoms with Gasteiger partial charge in [0.05, 0.1) is 18.8 Å². The molecule has 0 saturated carbocycles. The van der Waals surface area contributed by atoms with Crippen LogP contribution in [0.2, 0.25) is 0 Å². The predicted molar refractivity (Wildman–Crippen MR) is 128 cm³/mol. The molecule has 4 heterocycles. The lowest BCUT2D eigenvalue weighted by molar-refractivity contribution is 0.124. The average Bonchev–Trinajstić information content (AvgIpc) is 2.90. The van der Waals surface area contributed by atoms with E-state index < -0.39 is 11.4 Å². The van der Waals surface area contributed by atoms with Crippen LogP contribution in [0, 0.1) is 12.8 Å². The van der Waals surface area contributed by atoms with Gasteiger partial charge in [-0.15, -0.1) is 0 Å². The fourth-order valence-corrected chi connectivity index (χ4v) is 4.74. The summed E-state index contributed by atoms with van der Waals surface area (Å²) in [4.78, 5) is 19.5. The third kappa shape index (κ3) is 6.11. The van der Waals surface area contributed by atoms with Gasteiger partial charge in [-0.05, 0) is 37.1 Å². The largest absolute Gasteiger partial charge is 0.474 e. The van der Waals surface area contributed by atoms with Crippen LogP contribution in [-0.4, -0.2) is 56.6 Å². The van der Waals surface area contributed by atoms with Crippen molar-refractivity contribution in [2.45, 2.75) is 32.3 Å². The second-order valence-electron chi connectivity index (χ2n) is 8.55. The molecule has 0 N–H and O–H groups in total. The number of nitrogens with zero attached hydrogens (tertiary/aromatic N) is 5. The normalized spacial score (nSPS) is 21.0. The van der Waals surface area contributed by atoms with Crippen molar-refractivity contribution in [1.29, 1.82) is 0 Å². The van der Waals surface area contributed by atoms with Crippen molar-refractivity contribution < 1.29 is 22.0 Å². The first kappa shape index (κ1) is 23.6. The van der Waals surface area contributed by atoms with E-state index in [0.717, 1.165) is 49.4 Å². The molecule has 0 aliphatic carbocycles. The number of anilines is 1. The summed E-state index contributed by atoms with van der Waals surface area (Å²) >= 11 is -1.61. The standard InChI is InChI=1S/C24H27N5O5S/c1-17-22(33-20-5-3-18(4-6-20)13-19-14-31-35(30)32-15-19)27-16-28-23(17)34-21-7-11-29(12-8-21)24-25-9-2-10-26-24/h2-6,9-10,16,19,21H,7-8,11-15H2,1H3/t19-,35+. The Morgan fingerprint density at radius 2 is 1.69 bits per heavy atom. The highest BCUT2D eigenvalue weighted by atomic mass is 32.2. The molecule has 1 aromatic carbocycles. The fraction of sp³-hybridized carbons (Fsp3) is 0.417. The third-order valence-electron chi connectivity index (χ3n) is 6.01. The molecule has 2 aromatic heterocycles. The third-order valence-corrected chi connectivity index (χ3v) is 6.67. The minimum Gasteiger partial charge on any atom is -0.474 e. The Bertz CT molecular complexity index is 1130. The van der Waals surface area contributed by atoms with Crippen LogP contribution in [0.1, 0.15) is 24.0 Å². The lowest BCUT2D eigenvalue weighted by Crippen LogP contribution is -2.39. The van der Waals surface area contributed by atoms with Gasteiger partial charge in [0.15, 0.2) is 0 Å². The molecule has 2 aliphatic rings. The first-order valence-corrected chi connectivity index (χ1v) is 12.6. The summed E-state index contributed by atoms with van der Waals surface area (Å²) in [6.07, 6.45) is 7.52. The summed E-state index contributed by atoms with van der Waals surface area (Å²) in [6, 6.07) is 9.62. The van der Waals surface area contributed by atoms with E-state index in [-0.39, 0.29) is 12.0 Å². The van der Waals surface area contributed by atoms with Crippen molar-refractivity contribution in [2.75, 3.05) is 31.2 Å². The van der Waals surface area contributed by atoms with E-state index in [9.17, 15) is 4.21 Å². The zero-order chi connectivity index (χ0) is 24.0. The first-order chi connectivity index (χ1) is 17.1. The van der Waals surface area contributed by atoms with E-state index >= 15 is 0 Å². The van der Waals surface area contributed by atoms with Crippen LogP contribution < -0.4 is 14.4 Å². The molecule has 184 valence electrons. The van der Waals surface area contributed by atoms with Gasteiger partial charge in [0, 0.05) is 44.2 Å². The highest BCUT2D eigenvalue weighted by Gasteiger charge is 2.24. The number of hydrogen-bond donors (Lipinski definition) is 0. The van der Waals surface area contributed by atoms with Gasteiger partial charge in [0.1, 0.15) is 18.2 Å². The average molecular weight is 498 g/mol. The monoisotopic (exact) mass is 497 g/mol. The van der Waals surface area contributed by atoms with Crippen LogP contribution in [0.15, 0.2) is 49.1 Å². The molecule has 0 spiro atoms. The minimum absolute atomic E-state index is 0.0564. The van der Waals surface area contributed by atoms with Gasteiger partial charge in [-0.3, -0.25) is 8.37 Å². The van der Waals surface area contributed by atoms with Crippen molar-refractivity contribution in [3.63, 3.8) is 0 Å². The summed E-state index contributed by atoms with van der Waals surface area (Å²) in [5.74, 6) is 2.61. The fourth-order valence-electron chi connectivity index (χ4n) is 4.07. The minimum atomic E-state index is -1.61. The van der Waals surface area contributed by atoms with Crippen molar-refractivity contribution >= 4 is 17.3 Å².